The maximum absolute atomic E-state index is 12.1. The number of hydrogen-bond donors (Lipinski definition) is 2. The van der Waals surface area contributed by atoms with E-state index in [0.29, 0.717) is 16.8 Å². The van der Waals surface area contributed by atoms with Gasteiger partial charge in [-0.1, -0.05) is 6.07 Å². The molecule has 1 aromatic heterocycles. The van der Waals surface area contributed by atoms with Crippen LogP contribution in [0.1, 0.15) is 20.7 Å². The lowest BCUT2D eigenvalue weighted by Gasteiger charge is -2.05. The van der Waals surface area contributed by atoms with E-state index < -0.39 is 5.91 Å². The molecule has 0 unspecified atom stereocenters. The van der Waals surface area contributed by atoms with E-state index in [1.165, 1.54) is 17.4 Å². The van der Waals surface area contributed by atoms with Crippen LogP contribution in [-0.2, 0) is 0 Å². The Balaban J connectivity index is 2.21. The first kappa shape index (κ1) is 14.2. The average molecular weight is 404 g/mol. The van der Waals surface area contributed by atoms with Gasteiger partial charge in [-0.3, -0.25) is 9.59 Å². The van der Waals surface area contributed by atoms with Crippen molar-refractivity contribution >= 4 is 60.7 Å². The van der Waals surface area contributed by atoms with Crippen LogP contribution in [0.25, 0.3) is 0 Å². The average Bonchev–Trinajstić information content (AvgIpc) is 2.69. The van der Waals surface area contributed by atoms with Gasteiger partial charge in [0, 0.05) is 11.3 Å². The molecule has 1 heterocycles. The lowest BCUT2D eigenvalue weighted by molar-refractivity contribution is 0.0996. The number of nitrogens with two attached hydrogens (primary N) is 1. The largest absolute Gasteiger partial charge is 0.366 e. The Kier molecular flexibility index (Phi) is 4.38. The summed E-state index contributed by atoms with van der Waals surface area (Å²) in [4.78, 5) is 23.1. The predicted molar refractivity (Wildman–Crippen MR) is 82.6 cm³/mol. The number of anilines is 1. The maximum Gasteiger partial charge on any atom is 0.257 e. The van der Waals surface area contributed by atoms with Crippen LogP contribution in [0.15, 0.2) is 37.9 Å². The molecule has 7 heteroatoms. The Morgan fingerprint density at radius 1 is 1.21 bits per heavy atom. The van der Waals surface area contributed by atoms with Crippen LogP contribution >= 0.6 is 43.2 Å². The molecule has 2 aromatic rings. The van der Waals surface area contributed by atoms with Crippen LogP contribution in [0.2, 0.25) is 0 Å². The second-order valence-corrected chi connectivity index (χ2v) is 7.39. The molecule has 0 spiro atoms. The second kappa shape index (κ2) is 5.85. The first-order valence-electron chi connectivity index (χ1n) is 5.13. The van der Waals surface area contributed by atoms with Crippen LogP contribution < -0.4 is 11.1 Å². The molecule has 0 aliphatic heterocycles. The minimum absolute atomic E-state index is 0.254. The van der Waals surface area contributed by atoms with E-state index in [0.717, 1.165) is 7.57 Å². The summed E-state index contributed by atoms with van der Waals surface area (Å²) in [6.45, 7) is 0. The van der Waals surface area contributed by atoms with Crippen molar-refractivity contribution in [2.45, 2.75) is 0 Å². The Labute approximate surface area is 130 Å². The third kappa shape index (κ3) is 3.43. The number of rotatable bonds is 3. The summed E-state index contributed by atoms with van der Waals surface area (Å²) >= 11 is 8.05. The van der Waals surface area contributed by atoms with Gasteiger partial charge >= 0.3 is 0 Å². The minimum Gasteiger partial charge on any atom is -0.366 e. The number of amides is 2. The number of nitrogens with one attached hydrogen (secondary N) is 1. The van der Waals surface area contributed by atoms with Gasteiger partial charge in [-0.05, 0) is 56.1 Å². The fourth-order valence-electron chi connectivity index (χ4n) is 1.44. The molecule has 0 bridgehead atoms. The van der Waals surface area contributed by atoms with Gasteiger partial charge in [-0.25, -0.2) is 0 Å². The molecule has 2 rings (SSSR count). The maximum atomic E-state index is 12.1. The summed E-state index contributed by atoms with van der Waals surface area (Å²) < 4.78 is 1.60. The van der Waals surface area contributed by atoms with Crippen molar-refractivity contribution in [1.82, 2.24) is 0 Å². The molecule has 98 valence electrons. The van der Waals surface area contributed by atoms with Crippen molar-refractivity contribution in [2.75, 3.05) is 5.32 Å². The van der Waals surface area contributed by atoms with Crippen molar-refractivity contribution in [3.05, 3.63) is 49.0 Å². The van der Waals surface area contributed by atoms with Gasteiger partial charge < -0.3 is 11.1 Å². The lowest BCUT2D eigenvalue weighted by atomic mass is 10.2. The summed E-state index contributed by atoms with van der Waals surface area (Å²) in [6.07, 6.45) is 0. The Morgan fingerprint density at radius 3 is 2.53 bits per heavy atom. The smallest absolute Gasteiger partial charge is 0.257 e. The summed E-state index contributed by atoms with van der Waals surface area (Å²) in [7, 11) is 0. The van der Waals surface area contributed by atoms with Gasteiger partial charge in [0.15, 0.2) is 0 Å². The van der Waals surface area contributed by atoms with Crippen LogP contribution in [0.4, 0.5) is 5.69 Å². The molecule has 0 saturated carbocycles. The van der Waals surface area contributed by atoms with Crippen LogP contribution in [0, 0.1) is 0 Å². The van der Waals surface area contributed by atoms with Crippen LogP contribution in [-0.4, -0.2) is 11.8 Å². The van der Waals surface area contributed by atoms with Gasteiger partial charge in [-0.15, -0.1) is 11.3 Å². The SMILES string of the molecule is NC(=O)c1cccc(NC(=O)c2cc(Br)sc2Br)c1. The summed E-state index contributed by atoms with van der Waals surface area (Å²) in [5.74, 6) is -0.786. The Morgan fingerprint density at radius 2 is 1.95 bits per heavy atom. The molecule has 4 nitrogen and oxygen atoms in total. The van der Waals surface area contributed by atoms with Crippen molar-refractivity contribution in [2.24, 2.45) is 5.73 Å². The summed E-state index contributed by atoms with van der Waals surface area (Å²) in [5, 5.41) is 2.72. The van der Waals surface area contributed by atoms with E-state index in [9.17, 15) is 9.59 Å². The highest BCUT2D eigenvalue weighted by Crippen LogP contribution is 2.32. The lowest BCUT2D eigenvalue weighted by Crippen LogP contribution is -2.14. The van der Waals surface area contributed by atoms with E-state index >= 15 is 0 Å². The van der Waals surface area contributed by atoms with E-state index in [2.05, 4.69) is 37.2 Å². The number of carbonyl (C=O) groups is 2. The van der Waals surface area contributed by atoms with Gasteiger partial charge in [0.1, 0.15) is 0 Å². The molecule has 2 amide bonds. The third-order valence-corrected chi connectivity index (χ3v) is 4.65. The first-order valence-corrected chi connectivity index (χ1v) is 7.53. The van der Waals surface area contributed by atoms with Crippen molar-refractivity contribution < 1.29 is 9.59 Å². The van der Waals surface area contributed by atoms with Gasteiger partial charge in [0.05, 0.1) is 13.1 Å². The van der Waals surface area contributed by atoms with E-state index in [4.69, 9.17) is 5.73 Å². The second-order valence-electron chi connectivity index (χ2n) is 3.64. The van der Waals surface area contributed by atoms with Crippen LogP contribution in [0.5, 0.6) is 0 Å². The third-order valence-electron chi connectivity index (χ3n) is 2.31. The van der Waals surface area contributed by atoms with Crippen molar-refractivity contribution in [1.29, 1.82) is 0 Å². The molecule has 19 heavy (non-hydrogen) atoms. The number of hydrogen-bond acceptors (Lipinski definition) is 3. The number of halogens is 2. The summed E-state index contributed by atoms with van der Waals surface area (Å²) in [6, 6.07) is 8.21. The fourth-order valence-corrected chi connectivity index (χ4v) is 4.24. The Hall–Kier alpha value is -1.18. The highest BCUT2D eigenvalue weighted by molar-refractivity contribution is 9.12. The molecule has 0 aliphatic rings. The molecule has 0 atom stereocenters. The fraction of sp³-hybridized carbons (Fsp3) is 0. The van der Waals surface area contributed by atoms with E-state index in [1.54, 1.807) is 24.3 Å². The zero-order valence-electron chi connectivity index (χ0n) is 9.44. The number of thiophene rings is 1. The Bertz CT molecular complexity index is 655. The zero-order chi connectivity index (χ0) is 14.0. The molecule has 3 N–H and O–H groups in total. The molecule has 1 aromatic carbocycles. The number of primary amides is 1. The molecular formula is C12H8Br2N2O2S. The van der Waals surface area contributed by atoms with E-state index in [-0.39, 0.29) is 5.91 Å². The molecule has 0 fully saturated rings. The van der Waals surface area contributed by atoms with Gasteiger partial charge in [0.2, 0.25) is 5.91 Å². The molecule has 0 saturated heterocycles. The number of benzene rings is 1. The van der Waals surface area contributed by atoms with Crippen molar-refractivity contribution in [3.63, 3.8) is 0 Å². The van der Waals surface area contributed by atoms with Crippen molar-refractivity contribution in [3.8, 4) is 0 Å². The standard InChI is InChI=1S/C12H8Br2N2O2S/c13-9-5-8(10(14)19-9)12(18)16-7-3-1-2-6(4-7)11(15)17/h1-5H,(H2,15,17)(H,16,18). The topological polar surface area (TPSA) is 72.2 Å². The van der Waals surface area contributed by atoms with Gasteiger partial charge in [0.25, 0.3) is 5.91 Å². The zero-order valence-corrected chi connectivity index (χ0v) is 13.4. The predicted octanol–water partition coefficient (Wildman–Crippen LogP) is 3.62. The summed E-state index contributed by atoms with van der Waals surface area (Å²) in [5.41, 5.74) is 6.59. The molecule has 0 aliphatic carbocycles. The highest BCUT2D eigenvalue weighted by atomic mass is 79.9. The van der Waals surface area contributed by atoms with Crippen LogP contribution in [0.3, 0.4) is 0 Å². The number of carbonyl (C=O) groups excluding carboxylic acids is 2. The first-order chi connectivity index (χ1) is 8.97. The normalized spacial score (nSPS) is 10.2. The van der Waals surface area contributed by atoms with E-state index in [1.807, 2.05) is 0 Å². The highest BCUT2D eigenvalue weighted by Gasteiger charge is 2.14. The molecule has 0 radical (unpaired) electrons. The minimum atomic E-state index is -0.532. The van der Waals surface area contributed by atoms with Gasteiger partial charge in [-0.2, -0.15) is 0 Å². The monoisotopic (exact) mass is 402 g/mol. The quantitative estimate of drug-likeness (QED) is 0.821. The molecular weight excluding hydrogens is 396 g/mol.